The number of hydrogen-bond donors (Lipinski definition) is 4. The van der Waals surface area contributed by atoms with Gasteiger partial charge in [0.05, 0.1) is 11.4 Å². The van der Waals surface area contributed by atoms with Crippen LogP contribution in [-0.2, 0) is 22.0 Å². The van der Waals surface area contributed by atoms with Gasteiger partial charge in [0.1, 0.15) is 0 Å². The summed E-state index contributed by atoms with van der Waals surface area (Å²) < 4.78 is 24.4. The molecule has 0 saturated heterocycles. The van der Waals surface area contributed by atoms with Gasteiger partial charge in [0.25, 0.3) is 0 Å². The van der Waals surface area contributed by atoms with Crippen LogP contribution in [0.4, 0.5) is 21.0 Å². The van der Waals surface area contributed by atoms with Gasteiger partial charge in [0, 0.05) is 37.8 Å². The Morgan fingerprint density at radius 3 is 1.21 bits per heavy atom. The molecule has 0 radical (unpaired) electrons. The minimum absolute atomic E-state index is 0.0250. The van der Waals surface area contributed by atoms with Crippen LogP contribution in [0.3, 0.4) is 0 Å². The smallest absolute Gasteiger partial charge is 0.307 e. The van der Waals surface area contributed by atoms with Crippen molar-refractivity contribution in [2.75, 3.05) is 37.3 Å². The lowest BCUT2D eigenvalue weighted by molar-refractivity contribution is 0.255. The summed E-state index contributed by atoms with van der Waals surface area (Å²) in [5.74, 6) is 0. The van der Waals surface area contributed by atoms with Crippen molar-refractivity contribution in [2.24, 2.45) is 10.8 Å². The van der Waals surface area contributed by atoms with Crippen molar-refractivity contribution in [1.29, 1.82) is 0 Å². The Labute approximate surface area is 228 Å². The highest BCUT2D eigenvalue weighted by Gasteiger charge is 2.21. The van der Waals surface area contributed by atoms with E-state index in [9.17, 15) is 18.7 Å². The summed E-state index contributed by atoms with van der Waals surface area (Å²) >= 11 is 0. The predicted molar refractivity (Wildman–Crippen MR) is 161 cm³/mol. The zero-order valence-electron chi connectivity index (χ0n) is 24.4. The van der Waals surface area contributed by atoms with Gasteiger partial charge in [-0.05, 0) is 46.9 Å². The maximum absolute atomic E-state index is 12.7. The molecule has 0 heterocycles. The van der Waals surface area contributed by atoms with E-state index in [1.165, 1.54) is 26.7 Å². The predicted octanol–water partition coefficient (Wildman–Crippen LogP) is 7.85. The van der Waals surface area contributed by atoms with E-state index in [-0.39, 0.29) is 10.8 Å². The molecule has 210 valence electrons. The van der Waals surface area contributed by atoms with E-state index in [4.69, 9.17) is 0 Å². The van der Waals surface area contributed by atoms with E-state index in [1.54, 1.807) is 0 Å². The Morgan fingerprint density at radius 1 is 0.632 bits per heavy atom. The van der Waals surface area contributed by atoms with Crippen molar-refractivity contribution < 1.29 is 18.7 Å². The molecule has 2 aromatic rings. The molecular formula is C28H44N4O4P2. The third-order valence-corrected chi connectivity index (χ3v) is 6.65. The molecule has 0 saturated carbocycles. The molecule has 0 spiro atoms. The van der Waals surface area contributed by atoms with E-state index in [0.29, 0.717) is 22.5 Å². The summed E-state index contributed by atoms with van der Waals surface area (Å²) in [4.78, 5) is 25.5. The second-order valence-electron chi connectivity index (χ2n) is 13.1. The molecule has 0 aliphatic heterocycles. The van der Waals surface area contributed by atoms with Crippen molar-refractivity contribution in [2.45, 2.75) is 54.4 Å². The van der Waals surface area contributed by atoms with Crippen LogP contribution in [0.5, 0.6) is 0 Å². The molecule has 8 nitrogen and oxygen atoms in total. The van der Waals surface area contributed by atoms with Gasteiger partial charge >= 0.3 is 12.1 Å². The van der Waals surface area contributed by atoms with Gasteiger partial charge in [-0.1, -0.05) is 65.8 Å². The van der Waals surface area contributed by atoms with Crippen molar-refractivity contribution in [3.8, 4) is 11.1 Å². The molecular weight excluding hydrogens is 518 g/mol. The number of nitrogens with one attached hydrogen (secondary N) is 4. The van der Waals surface area contributed by atoms with Gasteiger partial charge in [-0.15, -0.1) is 0 Å². The van der Waals surface area contributed by atoms with Crippen LogP contribution in [0.2, 0.25) is 0 Å². The highest BCUT2D eigenvalue weighted by atomic mass is 31.2. The number of hydrogen-bond acceptors (Lipinski definition) is 4. The number of urea groups is 2. The Kier molecular flexibility index (Phi) is 9.72. The third-order valence-electron chi connectivity index (χ3n) is 5.17. The third kappa shape index (κ3) is 11.4. The molecule has 2 aromatic carbocycles. The molecule has 4 N–H and O–H groups in total. The minimum Gasteiger partial charge on any atom is -0.307 e. The topological polar surface area (TPSA) is 116 Å². The zero-order chi connectivity index (χ0) is 29.1. The van der Waals surface area contributed by atoms with Gasteiger partial charge < -0.3 is 19.8 Å². The molecule has 38 heavy (non-hydrogen) atoms. The summed E-state index contributed by atoms with van der Waals surface area (Å²) in [5, 5.41) is 10.8. The maximum Gasteiger partial charge on any atom is 0.324 e. The van der Waals surface area contributed by atoms with Crippen LogP contribution in [0.25, 0.3) is 11.1 Å². The van der Waals surface area contributed by atoms with E-state index >= 15 is 0 Å². The highest BCUT2D eigenvalue weighted by molar-refractivity contribution is 7.61. The lowest BCUT2D eigenvalue weighted by atomic mass is 9.86. The largest absolute Gasteiger partial charge is 0.324 e. The fourth-order valence-corrected chi connectivity index (χ4v) is 5.18. The monoisotopic (exact) mass is 562 g/mol. The summed E-state index contributed by atoms with van der Waals surface area (Å²) in [6, 6.07) is 10.5. The SMILES string of the molecule is CC(C)(C)Cc1ccc(-c2ccc(CC(C)(C)C)cc2NC(=O)NP(C)(C)=O)c(NC(=O)NP(C)(C)=O)c1. The van der Waals surface area contributed by atoms with Crippen molar-refractivity contribution in [3.05, 3.63) is 47.5 Å². The van der Waals surface area contributed by atoms with Crippen LogP contribution < -0.4 is 20.8 Å². The lowest BCUT2D eigenvalue weighted by Crippen LogP contribution is -2.26. The molecule has 0 atom stereocenters. The molecule has 0 aromatic heterocycles. The summed E-state index contributed by atoms with van der Waals surface area (Å²) in [6.45, 7) is 18.8. The molecule has 0 aliphatic rings. The van der Waals surface area contributed by atoms with E-state index in [2.05, 4.69) is 62.4 Å². The molecule has 0 fully saturated rings. The van der Waals surface area contributed by atoms with E-state index in [1.807, 2.05) is 36.4 Å². The fraction of sp³-hybridized carbons (Fsp3) is 0.500. The van der Waals surface area contributed by atoms with Crippen LogP contribution in [0.1, 0.15) is 52.7 Å². The first kappa shape index (κ1) is 31.7. The van der Waals surface area contributed by atoms with Gasteiger partial charge in [-0.2, -0.15) is 0 Å². The zero-order valence-corrected chi connectivity index (χ0v) is 26.2. The quantitative estimate of drug-likeness (QED) is 0.257. The Balaban J connectivity index is 2.65. The fourth-order valence-electron chi connectivity index (χ4n) is 4.09. The van der Waals surface area contributed by atoms with Crippen molar-refractivity contribution >= 4 is 38.0 Å². The number of anilines is 2. The molecule has 0 aliphatic carbocycles. The van der Waals surface area contributed by atoms with Crippen molar-refractivity contribution in [3.63, 3.8) is 0 Å². The second kappa shape index (κ2) is 11.7. The number of rotatable bonds is 7. The Hall–Kier alpha value is -2.56. The Morgan fingerprint density at radius 2 is 0.947 bits per heavy atom. The summed E-state index contributed by atoms with van der Waals surface area (Å²) in [6.07, 6.45) is 1.56. The standard InChI is InChI=1S/C28H44N4O4P2/c1-27(2,3)17-19-11-13-21(23(15-19)29-25(33)31-37(7,8)35)22-14-12-20(18-28(4,5)6)16-24(22)30-26(34)32-38(9,10)36/h11-16H,17-18H2,1-10H3,(H2,29,31,33,35)(H2,30,32,34,36). The van der Waals surface area contributed by atoms with Crippen LogP contribution in [-0.4, -0.2) is 38.7 Å². The summed E-state index contributed by atoms with van der Waals surface area (Å²) in [5.41, 5.74) is 4.55. The first-order valence-corrected chi connectivity index (χ1v) is 17.9. The van der Waals surface area contributed by atoms with Crippen LogP contribution >= 0.6 is 14.6 Å². The number of carbonyl (C=O) groups is 2. The number of benzene rings is 2. The molecule has 0 bridgehead atoms. The van der Waals surface area contributed by atoms with Gasteiger partial charge in [-0.3, -0.25) is 10.2 Å². The first-order chi connectivity index (χ1) is 17.1. The van der Waals surface area contributed by atoms with Gasteiger partial charge in [0.2, 0.25) is 0 Å². The van der Waals surface area contributed by atoms with Gasteiger partial charge in [-0.25, -0.2) is 9.59 Å². The summed E-state index contributed by atoms with van der Waals surface area (Å²) in [7, 11) is -5.64. The molecule has 2 rings (SSSR count). The minimum atomic E-state index is -2.82. The number of carbonyl (C=O) groups excluding carboxylic acids is 2. The number of amides is 4. The average molecular weight is 563 g/mol. The molecule has 4 amide bonds. The second-order valence-corrected chi connectivity index (χ2v) is 18.9. The Bertz CT molecular complexity index is 1180. The van der Waals surface area contributed by atoms with Crippen LogP contribution in [0, 0.1) is 10.8 Å². The lowest BCUT2D eigenvalue weighted by Gasteiger charge is -2.23. The van der Waals surface area contributed by atoms with E-state index in [0.717, 1.165) is 24.0 Å². The van der Waals surface area contributed by atoms with E-state index < -0.39 is 26.6 Å². The first-order valence-electron chi connectivity index (χ1n) is 12.6. The highest BCUT2D eigenvalue weighted by Crippen LogP contribution is 2.38. The van der Waals surface area contributed by atoms with Gasteiger partial charge in [0.15, 0.2) is 14.6 Å². The normalized spacial score (nSPS) is 12.6. The molecule has 10 heteroatoms. The maximum atomic E-state index is 12.7. The van der Waals surface area contributed by atoms with Crippen molar-refractivity contribution in [1.82, 2.24) is 10.2 Å². The molecule has 0 unspecified atom stereocenters. The average Bonchev–Trinajstić information content (AvgIpc) is 2.63. The van der Waals surface area contributed by atoms with Crippen LogP contribution in [0.15, 0.2) is 36.4 Å².